The van der Waals surface area contributed by atoms with Crippen molar-refractivity contribution in [1.29, 1.82) is 0 Å². The maximum absolute atomic E-state index is 12.2. The normalized spacial score (nSPS) is 23.4. The number of rotatable bonds is 2. The summed E-state index contributed by atoms with van der Waals surface area (Å²) in [6.45, 7) is 1.74. The van der Waals surface area contributed by atoms with E-state index >= 15 is 0 Å². The first-order chi connectivity index (χ1) is 8.40. The van der Waals surface area contributed by atoms with E-state index in [1.807, 2.05) is 0 Å². The maximum atomic E-state index is 12.2. The summed E-state index contributed by atoms with van der Waals surface area (Å²) in [5, 5.41) is 22.6. The fourth-order valence-electron chi connectivity index (χ4n) is 2.24. The van der Waals surface area contributed by atoms with Crippen LogP contribution < -0.4 is 0 Å². The molecule has 0 spiro atoms. The van der Waals surface area contributed by atoms with Gasteiger partial charge in [0.1, 0.15) is 6.04 Å². The van der Waals surface area contributed by atoms with Crippen molar-refractivity contribution in [2.75, 3.05) is 6.54 Å². The fourth-order valence-corrected chi connectivity index (χ4v) is 2.24. The molecule has 18 heavy (non-hydrogen) atoms. The fraction of sp³-hybridized carbons (Fsp3) is 0.545. The van der Waals surface area contributed by atoms with E-state index in [0.717, 1.165) is 0 Å². The third-order valence-electron chi connectivity index (χ3n) is 3.07. The zero-order valence-electron chi connectivity index (χ0n) is 10.2. The molecular formula is C11H15N3O4. The first-order valence-corrected chi connectivity index (χ1v) is 5.62. The summed E-state index contributed by atoms with van der Waals surface area (Å²) < 4.78 is 1.50. The molecule has 1 saturated heterocycles. The monoisotopic (exact) mass is 253 g/mol. The second kappa shape index (κ2) is 4.41. The van der Waals surface area contributed by atoms with Gasteiger partial charge in [-0.1, -0.05) is 0 Å². The Morgan fingerprint density at radius 2 is 2.17 bits per heavy atom. The van der Waals surface area contributed by atoms with Crippen LogP contribution in [0.4, 0.5) is 0 Å². The molecule has 2 rings (SSSR count). The first-order valence-electron chi connectivity index (χ1n) is 5.62. The topological polar surface area (TPSA) is 95.7 Å². The predicted octanol–water partition coefficient (Wildman–Crippen LogP) is -0.611. The number of aromatic nitrogens is 2. The predicted molar refractivity (Wildman–Crippen MR) is 61.0 cm³/mol. The van der Waals surface area contributed by atoms with Crippen LogP contribution >= 0.6 is 0 Å². The molecule has 0 saturated carbocycles. The molecule has 1 aliphatic rings. The van der Waals surface area contributed by atoms with Crippen LogP contribution in [0.25, 0.3) is 0 Å². The third kappa shape index (κ3) is 2.08. The van der Waals surface area contributed by atoms with Gasteiger partial charge in [0, 0.05) is 26.2 Å². The summed E-state index contributed by atoms with van der Waals surface area (Å²) in [5.41, 5.74) is 0.922. The SMILES string of the molecule is Cc1nn(C)cc1C(=O)N1C[C@H](O)C[C@@H]1C(=O)O. The van der Waals surface area contributed by atoms with E-state index in [1.54, 1.807) is 20.2 Å². The zero-order valence-corrected chi connectivity index (χ0v) is 10.2. The number of carbonyl (C=O) groups excluding carboxylic acids is 1. The minimum absolute atomic E-state index is 0.0458. The Kier molecular flexibility index (Phi) is 3.08. The summed E-state index contributed by atoms with van der Waals surface area (Å²) >= 11 is 0. The zero-order chi connectivity index (χ0) is 13.4. The Balaban J connectivity index is 2.28. The van der Waals surface area contributed by atoms with E-state index in [2.05, 4.69) is 5.10 Å². The number of hydrogen-bond acceptors (Lipinski definition) is 4. The molecule has 1 aromatic heterocycles. The van der Waals surface area contributed by atoms with E-state index in [4.69, 9.17) is 5.11 Å². The number of carboxylic acids is 1. The molecule has 0 aliphatic carbocycles. The Morgan fingerprint density at radius 1 is 1.50 bits per heavy atom. The van der Waals surface area contributed by atoms with Crippen molar-refractivity contribution in [2.24, 2.45) is 7.05 Å². The minimum Gasteiger partial charge on any atom is -0.480 e. The number of aryl methyl sites for hydroxylation is 2. The van der Waals surface area contributed by atoms with Crippen molar-refractivity contribution in [3.63, 3.8) is 0 Å². The van der Waals surface area contributed by atoms with Gasteiger partial charge in [-0.25, -0.2) is 4.79 Å². The van der Waals surface area contributed by atoms with Gasteiger partial charge >= 0.3 is 5.97 Å². The van der Waals surface area contributed by atoms with Crippen LogP contribution in [0.1, 0.15) is 22.5 Å². The first kappa shape index (κ1) is 12.6. The Labute approximate surface area is 104 Å². The number of hydrogen-bond donors (Lipinski definition) is 2. The summed E-state index contributed by atoms with van der Waals surface area (Å²) in [4.78, 5) is 24.5. The highest BCUT2D eigenvalue weighted by Crippen LogP contribution is 2.21. The van der Waals surface area contributed by atoms with Crippen molar-refractivity contribution < 1.29 is 19.8 Å². The van der Waals surface area contributed by atoms with Gasteiger partial charge in [-0.2, -0.15) is 5.10 Å². The average Bonchev–Trinajstić information content (AvgIpc) is 2.81. The van der Waals surface area contributed by atoms with Gasteiger partial charge in [-0.15, -0.1) is 0 Å². The number of carbonyl (C=O) groups is 2. The van der Waals surface area contributed by atoms with Crippen molar-refractivity contribution in [3.05, 3.63) is 17.5 Å². The van der Waals surface area contributed by atoms with Gasteiger partial charge in [0.25, 0.3) is 5.91 Å². The molecule has 7 heteroatoms. The van der Waals surface area contributed by atoms with Crippen molar-refractivity contribution in [2.45, 2.75) is 25.5 Å². The lowest BCUT2D eigenvalue weighted by molar-refractivity contribution is -0.141. The number of aliphatic hydroxyl groups excluding tert-OH is 1. The molecule has 1 amide bonds. The molecule has 1 fully saturated rings. The van der Waals surface area contributed by atoms with Crippen LogP contribution in [0.3, 0.4) is 0 Å². The van der Waals surface area contributed by atoms with Crippen molar-refractivity contribution >= 4 is 11.9 Å². The van der Waals surface area contributed by atoms with E-state index in [0.29, 0.717) is 11.3 Å². The van der Waals surface area contributed by atoms with Crippen LogP contribution in [0.5, 0.6) is 0 Å². The highest BCUT2D eigenvalue weighted by molar-refractivity contribution is 5.97. The van der Waals surface area contributed by atoms with Crippen molar-refractivity contribution in [1.82, 2.24) is 14.7 Å². The number of aliphatic hydroxyl groups is 1. The molecule has 1 aromatic rings. The average molecular weight is 253 g/mol. The minimum atomic E-state index is -1.10. The summed E-state index contributed by atoms with van der Waals surface area (Å²) in [7, 11) is 1.69. The summed E-state index contributed by atoms with van der Waals surface area (Å²) in [5.74, 6) is -1.49. The van der Waals surface area contributed by atoms with Gasteiger partial charge in [0.2, 0.25) is 0 Å². The second-order valence-corrected chi connectivity index (χ2v) is 4.50. The van der Waals surface area contributed by atoms with Gasteiger partial charge in [0.05, 0.1) is 17.4 Å². The van der Waals surface area contributed by atoms with Crippen molar-refractivity contribution in [3.8, 4) is 0 Å². The standard InChI is InChI=1S/C11H15N3O4/c1-6-8(5-13(2)12-6)10(16)14-4-7(15)3-9(14)11(17)18/h5,7,9,15H,3-4H2,1-2H3,(H,17,18)/t7-,9-/m1/s1. The van der Waals surface area contributed by atoms with Crippen LogP contribution in [-0.2, 0) is 11.8 Å². The van der Waals surface area contributed by atoms with E-state index < -0.39 is 24.0 Å². The molecule has 2 N–H and O–H groups in total. The largest absolute Gasteiger partial charge is 0.480 e. The van der Waals surface area contributed by atoms with Crippen LogP contribution in [0, 0.1) is 6.92 Å². The van der Waals surface area contributed by atoms with Gasteiger partial charge in [0.15, 0.2) is 0 Å². The molecule has 0 unspecified atom stereocenters. The van der Waals surface area contributed by atoms with E-state index in [1.165, 1.54) is 9.58 Å². The Morgan fingerprint density at radius 3 is 2.67 bits per heavy atom. The van der Waals surface area contributed by atoms with E-state index in [9.17, 15) is 14.7 Å². The Bertz CT molecular complexity index is 496. The molecule has 2 heterocycles. The highest BCUT2D eigenvalue weighted by Gasteiger charge is 2.39. The molecular weight excluding hydrogens is 238 g/mol. The van der Waals surface area contributed by atoms with Gasteiger partial charge < -0.3 is 15.1 Å². The van der Waals surface area contributed by atoms with Gasteiger partial charge in [-0.05, 0) is 6.92 Å². The highest BCUT2D eigenvalue weighted by atomic mass is 16.4. The second-order valence-electron chi connectivity index (χ2n) is 4.50. The summed E-state index contributed by atoms with van der Waals surface area (Å²) in [6.07, 6.45) is 0.841. The molecule has 2 atom stereocenters. The maximum Gasteiger partial charge on any atom is 0.326 e. The molecule has 0 radical (unpaired) electrons. The number of likely N-dealkylation sites (tertiary alicyclic amines) is 1. The number of carboxylic acid groups (broad SMARTS) is 1. The van der Waals surface area contributed by atoms with Crippen LogP contribution in [0.15, 0.2) is 6.20 Å². The summed E-state index contributed by atoms with van der Waals surface area (Å²) in [6, 6.07) is -0.966. The smallest absolute Gasteiger partial charge is 0.326 e. The number of amides is 1. The van der Waals surface area contributed by atoms with E-state index in [-0.39, 0.29) is 13.0 Å². The lowest BCUT2D eigenvalue weighted by Crippen LogP contribution is -2.40. The number of aliphatic carboxylic acids is 1. The molecule has 0 aromatic carbocycles. The van der Waals surface area contributed by atoms with Crippen LogP contribution in [0.2, 0.25) is 0 Å². The lowest BCUT2D eigenvalue weighted by atomic mass is 10.2. The molecule has 1 aliphatic heterocycles. The Hall–Kier alpha value is -1.89. The number of β-amino-alcohol motifs (C(OH)–C–C–N with tert-alkyl or cyclic N) is 1. The third-order valence-corrected chi connectivity index (χ3v) is 3.07. The molecule has 0 bridgehead atoms. The van der Waals surface area contributed by atoms with Gasteiger partial charge in [-0.3, -0.25) is 9.48 Å². The lowest BCUT2D eigenvalue weighted by Gasteiger charge is -2.20. The quantitative estimate of drug-likeness (QED) is 0.733. The number of nitrogens with zero attached hydrogens (tertiary/aromatic N) is 3. The molecule has 98 valence electrons. The van der Waals surface area contributed by atoms with Crippen LogP contribution in [-0.4, -0.2) is 55.5 Å². The molecule has 7 nitrogen and oxygen atoms in total.